The maximum Gasteiger partial charge on any atom is 0.340 e. The lowest BCUT2D eigenvalue weighted by Crippen LogP contribution is -2.16. The van der Waals surface area contributed by atoms with Crippen LogP contribution < -0.4 is 4.74 Å². The molecule has 0 aliphatic heterocycles. The van der Waals surface area contributed by atoms with E-state index in [1.54, 1.807) is 34.0 Å². The van der Waals surface area contributed by atoms with Crippen molar-refractivity contribution in [2.75, 3.05) is 13.7 Å². The SMILES string of the molecule is C=CCn1c(SC(C)C(=O)c2[nH]c(C)c(C(=O)OCC)c2C)nnc1-c1ccccc1OC. The third-order valence-electron chi connectivity index (χ3n) is 5.19. The minimum atomic E-state index is -0.477. The van der Waals surface area contributed by atoms with E-state index in [2.05, 4.69) is 21.8 Å². The van der Waals surface area contributed by atoms with Gasteiger partial charge in [0.1, 0.15) is 5.75 Å². The molecule has 9 heteroatoms. The van der Waals surface area contributed by atoms with Crippen molar-refractivity contribution in [3.05, 3.63) is 59.4 Å². The van der Waals surface area contributed by atoms with Gasteiger partial charge in [0.25, 0.3) is 0 Å². The highest BCUT2D eigenvalue weighted by atomic mass is 32.2. The Morgan fingerprint density at radius 2 is 2.00 bits per heavy atom. The Morgan fingerprint density at radius 1 is 1.27 bits per heavy atom. The van der Waals surface area contributed by atoms with Gasteiger partial charge < -0.3 is 14.5 Å². The number of thioether (sulfide) groups is 1. The number of benzene rings is 1. The number of hydrogen-bond donors (Lipinski definition) is 1. The molecule has 0 spiro atoms. The number of aromatic amines is 1. The van der Waals surface area contributed by atoms with Gasteiger partial charge in [-0.15, -0.1) is 16.8 Å². The van der Waals surface area contributed by atoms with Crippen LogP contribution in [0.25, 0.3) is 11.4 Å². The Labute approximate surface area is 197 Å². The summed E-state index contributed by atoms with van der Waals surface area (Å²) in [5, 5.41) is 8.81. The van der Waals surface area contributed by atoms with Gasteiger partial charge in [0.05, 0.1) is 35.8 Å². The number of ketones is 1. The van der Waals surface area contributed by atoms with E-state index >= 15 is 0 Å². The molecule has 1 N–H and O–H groups in total. The molecule has 2 heterocycles. The molecule has 0 bridgehead atoms. The summed E-state index contributed by atoms with van der Waals surface area (Å²) in [6.45, 7) is 11.6. The van der Waals surface area contributed by atoms with E-state index in [4.69, 9.17) is 9.47 Å². The lowest BCUT2D eigenvalue weighted by Gasteiger charge is -2.13. The van der Waals surface area contributed by atoms with Crippen LogP contribution in [0.5, 0.6) is 5.75 Å². The number of H-pyrrole nitrogens is 1. The number of nitrogens with zero attached hydrogens (tertiary/aromatic N) is 3. The number of aryl methyl sites for hydroxylation is 1. The van der Waals surface area contributed by atoms with Gasteiger partial charge in [0, 0.05) is 12.2 Å². The minimum Gasteiger partial charge on any atom is -0.496 e. The molecule has 1 unspecified atom stereocenters. The van der Waals surface area contributed by atoms with Crippen molar-refractivity contribution >= 4 is 23.5 Å². The highest BCUT2D eigenvalue weighted by molar-refractivity contribution is 8.00. The molecule has 8 nitrogen and oxygen atoms in total. The topological polar surface area (TPSA) is 99.1 Å². The first-order chi connectivity index (χ1) is 15.8. The van der Waals surface area contributed by atoms with E-state index in [1.807, 2.05) is 35.8 Å². The van der Waals surface area contributed by atoms with Gasteiger partial charge in [-0.2, -0.15) is 0 Å². The molecule has 33 heavy (non-hydrogen) atoms. The molecule has 2 aromatic heterocycles. The predicted octanol–water partition coefficient (Wildman–Crippen LogP) is 4.62. The second-order valence-electron chi connectivity index (χ2n) is 7.38. The first-order valence-corrected chi connectivity index (χ1v) is 11.5. The van der Waals surface area contributed by atoms with Crippen molar-refractivity contribution in [1.29, 1.82) is 0 Å². The molecule has 1 atom stereocenters. The maximum absolute atomic E-state index is 13.3. The van der Waals surface area contributed by atoms with E-state index in [-0.39, 0.29) is 12.4 Å². The fourth-order valence-corrected chi connectivity index (χ4v) is 4.54. The van der Waals surface area contributed by atoms with Crippen LogP contribution in [0.4, 0.5) is 0 Å². The molecule has 0 radical (unpaired) electrons. The Balaban J connectivity index is 1.91. The van der Waals surface area contributed by atoms with E-state index in [1.165, 1.54) is 11.8 Å². The number of esters is 1. The monoisotopic (exact) mass is 468 g/mol. The minimum absolute atomic E-state index is 0.136. The van der Waals surface area contributed by atoms with Gasteiger partial charge in [0.15, 0.2) is 16.8 Å². The lowest BCUT2D eigenvalue weighted by atomic mass is 10.1. The molecule has 0 saturated heterocycles. The number of ether oxygens (including phenoxy) is 2. The van der Waals surface area contributed by atoms with E-state index in [0.29, 0.717) is 45.8 Å². The van der Waals surface area contributed by atoms with Crippen LogP contribution in [0.2, 0.25) is 0 Å². The second kappa shape index (κ2) is 10.5. The smallest absolute Gasteiger partial charge is 0.340 e. The van der Waals surface area contributed by atoms with Gasteiger partial charge in [0.2, 0.25) is 0 Å². The van der Waals surface area contributed by atoms with Crippen molar-refractivity contribution < 1.29 is 19.1 Å². The summed E-state index contributed by atoms with van der Waals surface area (Å²) < 4.78 is 12.5. The number of Topliss-reactive ketones (excluding diaryl/α,β-unsaturated/α-hetero) is 1. The lowest BCUT2D eigenvalue weighted by molar-refractivity contribution is 0.0525. The van der Waals surface area contributed by atoms with Crippen LogP contribution in [0.3, 0.4) is 0 Å². The van der Waals surface area contributed by atoms with Gasteiger partial charge in [-0.25, -0.2) is 4.79 Å². The predicted molar refractivity (Wildman–Crippen MR) is 128 cm³/mol. The van der Waals surface area contributed by atoms with Crippen molar-refractivity contribution in [2.24, 2.45) is 0 Å². The molecule has 0 amide bonds. The summed E-state index contributed by atoms with van der Waals surface area (Å²) in [6, 6.07) is 7.56. The molecule has 3 rings (SSSR count). The van der Waals surface area contributed by atoms with Gasteiger partial charge in [-0.05, 0) is 45.4 Å². The molecular weight excluding hydrogens is 440 g/mol. The zero-order valence-corrected chi connectivity index (χ0v) is 20.3. The van der Waals surface area contributed by atoms with Crippen LogP contribution in [0, 0.1) is 13.8 Å². The number of rotatable bonds is 10. The van der Waals surface area contributed by atoms with Crippen molar-refractivity contribution in [2.45, 2.75) is 44.6 Å². The van der Waals surface area contributed by atoms with Crippen LogP contribution in [0.1, 0.15) is 46.0 Å². The standard InChI is InChI=1S/C24H28N4O4S/c1-7-13-28-22(17-11-9-10-12-18(17)31-6)26-27-24(28)33-16(5)21(29)20-14(3)19(15(4)25-20)23(30)32-8-2/h7,9-12,16,25H,1,8,13H2,2-6H3. The van der Waals surface area contributed by atoms with E-state index < -0.39 is 11.2 Å². The van der Waals surface area contributed by atoms with E-state index in [9.17, 15) is 9.59 Å². The largest absolute Gasteiger partial charge is 0.496 e. The number of hydrogen-bond acceptors (Lipinski definition) is 7. The average Bonchev–Trinajstić information content (AvgIpc) is 3.33. The summed E-state index contributed by atoms with van der Waals surface area (Å²) in [5.74, 6) is 0.740. The van der Waals surface area contributed by atoms with Crippen molar-refractivity contribution in [3.63, 3.8) is 0 Å². The van der Waals surface area contributed by atoms with Crippen LogP contribution in [0.15, 0.2) is 42.1 Å². The molecule has 0 fully saturated rings. The molecule has 3 aromatic rings. The third-order valence-corrected chi connectivity index (χ3v) is 6.27. The molecule has 174 valence electrons. The number of carbonyl (C=O) groups is 2. The van der Waals surface area contributed by atoms with Crippen molar-refractivity contribution in [1.82, 2.24) is 19.7 Å². The second-order valence-corrected chi connectivity index (χ2v) is 8.68. The Morgan fingerprint density at radius 3 is 2.67 bits per heavy atom. The molecule has 1 aromatic carbocycles. The summed E-state index contributed by atoms with van der Waals surface area (Å²) in [7, 11) is 1.61. The Hall–Kier alpha value is -3.33. The quantitative estimate of drug-likeness (QED) is 0.200. The first kappa shape index (κ1) is 24.3. The summed E-state index contributed by atoms with van der Waals surface area (Å²) in [6.07, 6.45) is 1.75. The number of allylic oxidation sites excluding steroid dienone is 1. The fraction of sp³-hybridized carbons (Fsp3) is 0.333. The highest BCUT2D eigenvalue weighted by Crippen LogP contribution is 2.33. The van der Waals surface area contributed by atoms with Crippen LogP contribution in [-0.2, 0) is 11.3 Å². The first-order valence-electron chi connectivity index (χ1n) is 10.6. The number of nitrogens with one attached hydrogen (secondary N) is 1. The highest BCUT2D eigenvalue weighted by Gasteiger charge is 2.28. The number of carbonyl (C=O) groups excluding carboxylic acids is 2. The maximum atomic E-state index is 13.3. The van der Waals surface area contributed by atoms with E-state index in [0.717, 1.165) is 5.56 Å². The average molecular weight is 469 g/mol. The summed E-state index contributed by atoms with van der Waals surface area (Å²) in [4.78, 5) is 28.6. The van der Waals surface area contributed by atoms with Crippen LogP contribution >= 0.6 is 11.8 Å². The molecule has 0 aliphatic rings. The van der Waals surface area contributed by atoms with Crippen molar-refractivity contribution in [3.8, 4) is 17.1 Å². The molecule has 0 aliphatic carbocycles. The van der Waals surface area contributed by atoms with Crippen LogP contribution in [-0.4, -0.2) is 50.5 Å². The number of aromatic nitrogens is 4. The number of para-hydroxylation sites is 1. The van der Waals surface area contributed by atoms with Gasteiger partial charge in [-0.3, -0.25) is 9.36 Å². The Bertz CT molecular complexity index is 1180. The summed E-state index contributed by atoms with van der Waals surface area (Å²) >= 11 is 1.30. The normalized spacial score (nSPS) is 11.8. The van der Waals surface area contributed by atoms with Gasteiger partial charge >= 0.3 is 5.97 Å². The third kappa shape index (κ3) is 4.88. The zero-order valence-electron chi connectivity index (χ0n) is 19.5. The summed E-state index contributed by atoms with van der Waals surface area (Å²) in [5.41, 5.74) is 2.81. The zero-order chi connectivity index (χ0) is 24.1. The number of methoxy groups -OCH3 is 1. The molecular formula is C24H28N4O4S. The fourth-order valence-electron chi connectivity index (χ4n) is 3.62. The Kier molecular flexibility index (Phi) is 7.75. The molecule has 0 saturated carbocycles. The van der Waals surface area contributed by atoms with Gasteiger partial charge in [-0.1, -0.05) is 30.0 Å².